The van der Waals surface area contributed by atoms with Crippen LogP contribution in [0.15, 0.2) is 36.5 Å². The summed E-state index contributed by atoms with van der Waals surface area (Å²) in [4.78, 5) is 17.7. The second kappa shape index (κ2) is 6.63. The second-order valence-corrected chi connectivity index (χ2v) is 4.82. The lowest BCUT2D eigenvalue weighted by atomic mass is 10.1. The number of hydrogen-bond acceptors (Lipinski definition) is 2. The van der Waals surface area contributed by atoms with Crippen molar-refractivity contribution in [2.45, 2.75) is 13.5 Å². The van der Waals surface area contributed by atoms with Crippen molar-refractivity contribution in [1.29, 1.82) is 0 Å². The standard InChI is InChI=1S/C15H13ClF2N2O/c1-2-20(9-10-3-5-12(17)13(18)7-10)15(21)11-4-6-14(16)19-8-11/h3-8H,2,9H2,1H3. The first-order valence-corrected chi connectivity index (χ1v) is 6.73. The van der Waals surface area contributed by atoms with Gasteiger partial charge in [-0.25, -0.2) is 13.8 Å². The maximum absolute atomic E-state index is 13.2. The summed E-state index contributed by atoms with van der Waals surface area (Å²) in [7, 11) is 0. The van der Waals surface area contributed by atoms with Crippen LogP contribution in [0.2, 0.25) is 5.15 Å². The Labute approximate surface area is 126 Å². The zero-order chi connectivity index (χ0) is 15.4. The van der Waals surface area contributed by atoms with Gasteiger partial charge in [-0.1, -0.05) is 17.7 Å². The Balaban J connectivity index is 2.17. The topological polar surface area (TPSA) is 33.2 Å². The fourth-order valence-electron chi connectivity index (χ4n) is 1.87. The number of benzene rings is 1. The van der Waals surface area contributed by atoms with Crippen LogP contribution >= 0.6 is 11.6 Å². The van der Waals surface area contributed by atoms with Crippen molar-refractivity contribution >= 4 is 17.5 Å². The van der Waals surface area contributed by atoms with Crippen LogP contribution in [0, 0.1) is 11.6 Å². The molecule has 110 valence electrons. The van der Waals surface area contributed by atoms with Crippen LogP contribution in [0.3, 0.4) is 0 Å². The molecule has 1 aromatic heterocycles. The third-order valence-corrected chi connectivity index (χ3v) is 3.22. The van der Waals surface area contributed by atoms with E-state index in [0.717, 1.165) is 12.1 Å². The normalized spacial score (nSPS) is 10.5. The Hall–Kier alpha value is -2.01. The van der Waals surface area contributed by atoms with Crippen LogP contribution in [-0.4, -0.2) is 22.3 Å². The van der Waals surface area contributed by atoms with E-state index in [1.807, 2.05) is 0 Å². The molecule has 1 amide bonds. The molecule has 0 fully saturated rings. The van der Waals surface area contributed by atoms with E-state index in [2.05, 4.69) is 4.98 Å². The molecule has 0 unspecified atom stereocenters. The van der Waals surface area contributed by atoms with E-state index in [0.29, 0.717) is 22.8 Å². The van der Waals surface area contributed by atoms with Crippen molar-refractivity contribution in [3.8, 4) is 0 Å². The summed E-state index contributed by atoms with van der Waals surface area (Å²) >= 11 is 5.68. The van der Waals surface area contributed by atoms with Gasteiger partial charge in [-0.3, -0.25) is 4.79 Å². The third kappa shape index (κ3) is 3.76. The van der Waals surface area contributed by atoms with Gasteiger partial charge in [-0.2, -0.15) is 0 Å². The Morgan fingerprint density at radius 3 is 2.57 bits per heavy atom. The molecule has 0 atom stereocenters. The van der Waals surface area contributed by atoms with E-state index >= 15 is 0 Å². The molecule has 0 bridgehead atoms. The number of nitrogens with zero attached hydrogens (tertiary/aromatic N) is 2. The molecule has 0 radical (unpaired) electrons. The monoisotopic (exact) mass is 310 g/mol. The number of carbonyl (C=O) groups is 1. The van der Waals surface area contributed by atoms with Crippen LogP contribution < -0.4 is 0 Å². The van der Waals surface area contributed by atoms with Gasteiger partial charge in [-0.15, -0.1) is 0 Å². The van der Waals surface area contributed by atoms with Gasteiger partial charge in [0.05, 0.1) is 5.56 Å². The van der Waals surface area contributed by atoms with Crippen molar-refractivity contribution in [2.75, 3.05) is 6.54 Å². The molecular formula is C15H13ClF2N2O. The molecule has 1 aromatic carbocycles. The van der Waals surface area contributed by atoms with Gasteiger partial charge in [0.1, 0.15) is 5.15 Å². The molecule has 0 aliphatic rings. The van der Waals surface area contributed by atoms with Crippen LogP contribution in [-0.2, 0) is 6.54 Å². The lowest BCUT2D eigenvalue weighted by Gasteiger charge is -2.21. The Bertz CT molecular complexity index is 647. The van der Waals surface area contributed by atoms with Crippen molar-refractivity contribution in [3.63, 3.8) is 0 Å². The quantitative estimate of drug-likeness (QED) is 0.807. The number of carbonyl (C=O) groups excluding carboxylic acids is 1. The summed E-state index contributed by atoms with van der Waals surface area (Å²) in [5.41, 5.74) is 0.912. The molecule has 6 heteroatoms. The van der Waals surface area contributed by atoms with Gasteiger partial charge in [0.15, 0.2) is 11.6 Å². The predicted molar refractivity (Wildman–Crippen MR) is 76.0 cm³/mol. The highest BCUT2D eigenvalue weighted by Gasteiger charge is 2.15. The molecule has 2 rings (SSSR count). The first kappa shape index (κ1) is 15.4. The molecule has 1 heterocycles. The summed E-state index contributed by atoms with van der Waals surface area (Å²) in [6.07, 6.45) is 1.39. The number of halogens is 3. The highest BCUT2D eigenvalue weighted by atomic mass is 35.5. The first-order chi connectivity index (χ1) is 10.0. The minimum absolute atomic E-state index is 0.190. The van der Waals surface area contributed by atoms with E-state index in [-0.39, 0.29) is 12.5 Å². The molecule has 2 aromatic rings. The van der Waals surface area contributed by atoms with Gasteiger partial charge < -0.3 is 4.90 Å². The SMILES string of the molecule is CCN(Cc1ccc(F)c(F)c1)C(=O)c1ccc(Cl)nc1. The number of hydrogen-bond donors (Lipinski definition) is 0. The smallest absolute Gasteiger partial charge is 0.255 e. The van der Waals surface area contributed by atoms with E-state index < -0.39 is 11.6 Å². The lowest BCUT2D eigenvalue weighted by molar-refractivity contribution is 0.0752. The summed E-state index contributed by atoms with van der Waals surface area (Å²) in [6.45, 7) is 2.43. The van der Waals surface area contributed by atoms with Crippen molar-refractivity contribution in [1.82, 2.24) is 9.88 Å². The average Bonchev–Trinajstić information content (AvgIpc) is 2.48. The van der Waals surface area contributed by atoms with Gasteiger partial charge in [0, 0.05) is 19.3 Å². The summed E-state index contributed by atoms with van der Waals surface area (Å²) in [5.74, 6) is -2.08. The van der Waals surface area contributed by atoms with Crippen LogP contribution in [0.1, 0.15) is 22.8 Å². The minimum atomic E-state index is -0.927. The summed E-state index contributed by atoms with van der Waals surface area (Å²) < 4.78 is 26.1. The Morgan fingerprint density at radius 1 is 1.24 bits per heavy atom. The number of rotatable bonds is 4. The van der Waals surface area contributed by atoms with Gasteiger partial charge >= 0.3 is 0 Å². The van der Waals surface area contributed by atoms with Crippen molar-refractivity contribution in [2.24, 2.45) is 0 Å². The second-order valence-electron chi connectivity index (χ2n) is 4.44. The third-order valence-electron chi connectivity index (χ3n) is 3.00. The van der Waals surface area contributed by atoms with Crippen LogP contribution in [0.5, 0.6) is 0 Å². The van der Waals surface area contributed by atoms with Gasteiger partial charge in [0.25, 0.3) is 5.91 Å². The van der Waals surface area contributed by atoms with E-state index in [1.54, 1.807) is 13.0 Å². The van der Waals surface area contributed by atoms with Crippen molar-refractivity contribution in [3.05, 3.63) is 64.4 Å². The maximum Gasteiger partial charge on any atom is 0.255 e. The Morgan fingerprint density at radius 2 is 2.00 bits per heavy atom. The lowest BCUT2D eigenvalue weighted by Crippen LogP contribution is -2.30. The average molecular weight is 311 g/mol. The van der Waals surface area contributed by atoms with E-state index in [4.69, 9.17) is 11.6 Å². The molecule has 0 aliphatic heterocycles. The molecule has 0 N–H and O–H groups in total. The van der Waals surface area contributed by atoms with Crippen LogP contribution in [0.4, 0.5) is 8.78 Å². The molecule has 0 saturated carbocycles. The fraction of sp³-hybridized carbons (Fsp3) is 0.200. The first-order valence-electron chi connectivity index (χ1n) is 6.36. The molecule has 0 spiro atoms. The number of amides is 1. The summed E-state index contributed by atoms with van der Waals surface area (Å²) in [5, 5.41) is 0.301. The van der Waals surface area contributed by atoms with E-state index in [1.165, 1.54) is 23.2 Å². The molecule has 21 heavy (non-hydrogen) atoms. The van der Waals surface area contributed by atoms with Crippen LogP contribution in [0.25, 0.3) is 0 Å². The summed E-state index contributed by atoms with van der Waals surface area (Å²) in [6, 6.07) is 6.69. The van der Waals surface area contributed by atoms with Gasteiger partial charge in [-0.05, 0) is 36.8 Å². The maximum atomic E-state index is 13.2. The highest BCUT2D eigenvalue weighted by Crippen LogP contribution is 2.14. The van der Waals surface area contributed by atoms with Gasteiger partial charge in [0.2, 0.25) is 0 Å². The number of aromatic nitrogens is 1. The van der Waals surface area contributed by atoms with E-state index in [9.17, 15) is 13.6 Å². The predicted octanol–water partition coefficient (Wildman–Crippen LogP) is 3.68. The molecule has 0 saturated heterocycles. The zero-order valence-electron chi connectivity index (χ0n) is 11.3. The molecule has 0 aliphatic carbocycles. The molecular weight excluding hydrogens is 298 g/mol. The Kier molecular flexibility index (Phi) is 4.85. The molecule has 3 nitrogen and oxygen atoms in total. The zero-order valence-corrected chi connectivity index (χ0v) is 12.1. The largest absolute Gasteiger partial charge is 0.335 e. The fourth-order valence-corrected chi connectivity index (χ4v) is 1.98. The van der Waals surface area contributed by atoms with Crippen molar-refractivity contribution < 1.29 is 13.6 Å². The minimum Gasteiger partial charge on any atom is -0.335 e. The highest BCUT2D eigenvalue weighted by molar-refractivity contribution is 6.29. The number of pyridine rings is 1.